The molecule has 86 valence electrons. The second-order valence-corrected chi connectivity index (χ2v) is 5.11. The summed E-state index contributed by atoms with van der Waals surface area (Å²) in [4.78, 5) is 0.0206. The Balaban J connectivity index is 2.95. The summed E-state index contributed by atoms with van der Waals surface area (Å²) in [5.41, 5.74) is 0.278. The van der Waals surface area contributed by atoms with Gasteiger partial charge in [0.25, 0.3) is 0 Å². The zero-order valence-corrected chi connectivity index (χ0v) is 9.53. The molecule has 0 aromatic heterocycles. The fourth-order valence-electron chi connectivity index (χ4n) is 1.05. The first kappa shape index (κ1) is 12.6. The van der Waals surface area contributed by atoms with Gasteiger partial charge in [0.2, 0.25) is 10.0 Å². The molecule has 1 aromatic carbocycles. The number of nitriles is 1. The van der Waals surface area contributed by atoms with Gasteiger partial charge in [0.1, 0.15) is 0 Å². The number of aliphatic hydroxyl groups is 1. The highest BCUT2D eigenvalue weighted by Gasteiger charge is 2.14. The van der Waals surface area contributed by atoms with Crippen molar-refractivity contribution in [2.75, 3.05) is 6.54 Å². The van der Waals surface area contributed by atoms with E-state index in [0.717, 1.165) is 0 Å². The molecule has 2 N–H and O–H groups in total. The summed E-state index contributed by atoms with van der Waals surface area (Å²) >= 11 is 0. The van der Waals surface area contributed by atoms with Gasteiger partial charge in [-0.3, -0.25) is 0 Å². The van der Waals surface area contributed by atoms with Crippen LogP contribution in [0.3, 0.4) is 0 Å². The molecule has 0 bridgehead atoms. The number of hydrogen-bond donors (Lipinski definition) is 2. The average molecular weight is 240 g/mol. The lowest BCUT2D eigenvalue weighted by Crippen LogP contribution is -2.30. The number of hydrogen-bond acceptors (Lipinski definition) is 4. The summed E-state index contributed by atoms with van der Waals surface area (Å²) in [6, 6.07) is 7.56. The van der Waals surface area contributed by atoms with Crippen molar-refractivity contribution in [2.45, 2.75) is 17.9 Å². The molecule has 0 aliphatic carbocycles. The van der Waals surface area contributed by atoms with E-state index in [1.54, 1.807) is 0 Å². The van der Waals surface area contributed by atoms with E-state index in [-0.39, 0.29) is 17.0 Å². The molecule has 0 amide bonds. The Morgan fingerprint density at radius 3 is 2.81 bits per heavy atom. The van der Waals surface area contributed by atoms with Crippen molar-refractivity contribution in [3.63, 3.8) is 0 Å². The summed E-state index contributed by atoms with van der Waals surface area (Å²) in [7, 11) is -3.65. The van der Waals surface area contributed by atoms with Gasteiger partial charge in [0.15, 0.2) is 0 Å². The van der Waals surface area contributed by atoms with Gasteiger partial charge in [-0.05, 0) is 25.1 Å². The molecule has 6 heteroatoms. The first-order valence-electron chi connectivity index (χ1n) is 4.63. The first-order chi connectivity index (χ1) is 7.45. The Morgan fingerprint density at radius 2 is 2.25 bits per heavy atom. The molecule has 0 spiro atoms. The Labute approximate surface area is 94.4 Å². The number of nitrogens with one attached hydrogen (secondary N) is 1. The number of rotatable bonds is 4. The predicted octanol–water partition coefficient (Wildman–Crippen LogP) is 0.217. The molecular weight excluding hydrogens is 228 g/mol. The average Bonchev–Trinajstić information content (AvgIpc) is 2.27. The summed E-state index contributed by atoms with van der Waals surface area (Å²) in [5.74, 6) is 0. The van der Waals surface area contributed by atoms with E-state index in [2.05, 4.69) is 4.72 Å². The second kappa shape index (κ2) is 5.07. The minimum atomic E-state index is -3.65. The monoisotopic (exact) mass is 240 g/mol. The van der Waals surface area contributed by atoms with Crippen LogP contribution in [0, 0.1) is 11.3 Å². The van der Waals surface area contributed by atoms with Crippen molar-refractivity contribution < 1.29 is 13.5 Å². The van der Waals surface area contributed by atoms with Crippen LogP contribution in [-0.2, 0) is 10.0 Å². The first-order valence-corrected chi connectivity index (χ1v) is 6.12. The summed E-state index contributed by atoms with van der Waals surface area (Å²) in [5, 5.41) is 17.6. The van der Waals surface area contributed by atoms with Crippen LogP contribution in [0.1, 0.15) is 12.5 Å². The summed E-state index contributed by atoms with van der Waals surface area (Å²) < 4.78 is 25.6. The Morgan fingerprint density at radius 1 is 1.56 bits per heavy atom. The van der Waals surface area contributed by atoms with Gasteiger partial charge in [0, 0.05) is 6.54 Å². The topological polar surface area (TPSA) is 90.2 Å². The molecule has 0 saturated carbocycles. The van der Waals surface area contributed by atoms with Gasteiger partial charge < -0.3 is 5.11 Å². The second-order valence-electron chi connectivity index (χ2n) is 3.34. The lowest BCUT2D eigenvalue weighted by Gasteiger charge is -2.08. The number of sulfonamides is 1. The quantitative estimate of drug-likeness (QED) is 0.787. The molecule has 1 rings (SSSR count). The van der Waals surface area contributed by atoms with Crippen molar-refractivity contribution in [1.82, 2.24) is 4.72 Å². The van der Waals surface area contributed by atoms with Crippen LogP contribution >= 0.6 is 0 Å². The molecule has 1 atom stereocenters. The van der Waals surface area contributed by atoms with Crippen molar-refractivity contribution in [1.29, 1.82) is 5.26 Å². The smallest absolute Gasteiger partial charge is 0.240 e. The highest BCUT2D eigenvalue weighted by molar-refractivity contribution is 7.89. The highest BCUT2D eigenvalue weighted by atomic mass is 32.2. The molecule has 0 saturated heterocycles. The third-order valence-electron chi connectivity index (χ3n) is 1.84. The highest BCUT2D eigenvalue weighted by Crippen LogP contribution is 2.10. The Bertz CT molecular complexity index is 503. The number of aliphatic hydroxyl groups excluding tert-OH is 1. The Kier molecular flexibility index (Phi) is 4.01. The number of nitrogens with zero attached hydrogens (tertiary/aromatic N) is 1. The van der Waals surface area contributed by atoms with Crippen LogP contribution in [0.15, 0.2) is 29.2 Å². The molecule has 0 unspecified atom stereocenters. The van der Waals surface area contributed by atoms with E-state index in [1.807, 2.05) is 6.07 Å². The van der Waals surface area contributed by atoms with E-state index in [1.165, 1.54) is 31.2 Å². The van der Waals surface area contributed by atoms with E-state index < -0.39 is 16.1 Å². The van der Waals surface area contributed by atoms with Gasteiger partial charge in [-0.15, -0.1) is 0 Å². The molecule has 0 heterocycles. The third-order valence-corrected chi connectivity index (χ3v) is 3.26. The van der Waals surface area contributed by atoms with Crippen molar-refractivity contribution in [2.24, 2.45) is 0 Å². The molecule has 0 aliphatic heterocycles. The molecule has 1 aromatic rings. The van der Waals surface area contributed by atoms with Crippen LogP contribution in [0.25, 0.3) is 0 Å². The van der Waals surface area contributed by atoms with Crippen molar-refractivity contribution >= 4 is 10.0 Å². The maximum absolute atomic E-state index is 11.7. The van der Waals surface area contributed by atoms with Crippen molar-refractivity contribution in [3.05, 3.63) is 29.8 Å². The van der Waals surface area contributed by atoms with Gasteiger partial charge in [-0.1, -0.05) is 6.07 Å². The van der Waals surface area contributed by atoms with Crippen LogP contribution in [0.2, 0.25) is 0 Å². The van der Waals surface area contributed by atoms with Crippen LogP contribution in [0.5, 0.6) is 0 Å². The van der Waals surface area contributed by atoms with Gasteiger partial charge in [-0.25, -0.2) is 13.1 Å². The normalized spacial score (nSPS) is 13.1. The van der Waals surface area contributed by atoms with Gasteiger partial charge in [-0.2, -0.15) is 5.26 Å². The zero-order chi connectivity index (χ0) is 12.2. The maximum atomic E-state index is 11.7. The molecular formula is C10H12N2O3S. The van der Waals surface area contributed by atoms with E-state index in [9.17, 15) is 8.42 Å². The molecule has 5 nitrogen and oxygen atoms in total. The maximum Gasteiger partial charge on any atom is 0.240 e. The predicted molar refractivity (Wildman–Crippen MR) is 58.0 cm³/mol. The standard InChI is InChI=1S/C10H12N2O3S/c1-8(13)7-12-16(14,15)10-4-2-3-9(5-10)6-11/h2-5,8,12-13H,7H2,1H3/t8-/m1/s1. The van der Waals surface area contributed by atoms with Gasteiger partial charge >= 0.3 is 0 Å². The minimum Gasteiger partial charge on any atom is -0.392 e. The number of benzene rings is 1. The summed E-state index contributed by atoms with van der Waals surface area (Å²) in [6.45, 7) is 1.42. The lowest BCUT2D eigenvalue weighted by atomic mass is 10.2. The summed E-state index contributed by atoms with van der Waals surface area (Å²) in [6.07, 6.45) is -0.756. The van der Waals surface area contributed by atoms with Crippen molar-refractivity contribution in [3.8, 4) is 6.07 Å². The van der Waals surface area contributed by atoms with Crippen LogP contribution < -0.4 is 4.72 Å². The lowest BCUT2D eigenvalue weighted by molar-refractivity contribution is 0.198. The third kappa shape index (κ3) is 3.31. The Hall–Kier alpha value is -1.42. The minimum absolute atomic E-state index is 0.0206. The largest absolute Gasteiger partial charge is 0.392 e. The van der Waals surface area contributed by atoms with E-state index >= 15 is 0 Å². The molecule has 16 heavy (non-hydrogen) atoms. The van der Waals surface area contributed by atoms with E-state index in [0.29, 0.717) is 0 Å². The van der Waals surface area contributed by atoms with E-state index in [4.69, 9.17) is 10.4 Å². The van der Waals surface area contributed by atoms with Gasteiger partial charge in [0.05, 0.1) is 22.6 Å². The van der Waals surface area contributed by atoms with Crippen LogP contribution in [0.4, 0.5) is 0 Å². The zero-order valence-electron chi connectivity index (χ0n) is 8.71. The molecule has 0 aliphatic rings. The fourth-order valence-corrected chi connectivity index (χ4v) is 2.21. The molecule has 0 radical (unpaired) electrons. The SMILES string of the molecule is C[C@@H](O)CNS(=O)(=O)c1cccc(C#N)c1. The van der Waals surface area contributed by atoms with Crippen LogP contribution in [-0.4, -0.2) is 26.2 Å². The fraction of sp³-hybridized carbons (Fsp3) is 0.300. The molecule has 0 fully saturated rings.